The SMILES string of the molecule is CCCC[n+]1ccc(-c2cc[n+](/C=C/C[P+](c3ccccc3)(c3ccccc3)c3ccccc3)cc2)cc1.F[B-](F)(F)F. The largest absolute Gasteiger partial charge is 0.673 e. The van der Waals surface area contributed by atoms with Gasteiger partial charge in [-0.25, -0.2) is 4.57 Å². The lowest BCUT2D eigenvalue weighted by molar-refractivity contribution is -0.697. The molecule has 5 aromatic rings. The molecule has 0 radical (unpaired) electrons. The van der Waals surface area contributed by atoms with Gasteiger partial charge < -0.3 is 17.3 Å². The molecule has 2 aromatic heterocycles. The zero-order valence-electron chi connectivity index (χ0n) is 24.2. The molecule has 0 aliphatic rings. The molecule has 0 aliphatic heterocycles. The van der Waals surface area contributed by atoms with Gasteiger partial charge in [0.1, 0.15) is 29.7 Å². The Hall–Kier alpha value is -4.09. The Kier molecular flexibility index (Phi) is 11.4. The van der Waals surface area contributed by atoms with Crippen LogP contribution in [0.15, 0.2) is 146 Å². The number of hydrogen-bond acceptors (Lipinski definition) is 0. The summed E-state index contributed by atoms with van der Waals surface area (Å²) in [5, 5.41) is 4.22. The topological polar surface area (TPSA) is 7.76 Å². The summed E-state index contributed by atoms with van der Waals surface area (Å²) >= 11 is 0. The van der Waals surface area contributed by atoms with Crippen LogP contribution in [0.5, 0.6) is 0 Å². The van der Waals surface area contributed by atoms with Gasteiger partial charge in [-0.15, -0.1) is 0 Å². The van der Waals surface area contributed by atoms with Gasteiger partial charge in [-0.05, 0) is 47.5 Å². The van der Waals surface area contributed by atoms with Crippen molar-refractivity contribution in [2.24, 2.45) is 0 Å². The summed E-state index contributed by atoms with van der Waals surface area (Å²) in [6.07, 6.45) is 16.6. The number of nitrogens with zero attached hydrogens (tertiary/aromatic N) is 2. The maximum Gasteiger partial charge on any atom is 0.673 e. The summed E-state index contributed by atoms with van der Waals surface area (Å²) in [6, 6.07) is 42.0. The Labute approximate surface area is 252 Å². The predicted octanol–water partition coefficient (Wildman–Crippen LogP) is 7.49. The predicted molar refractivity (Wildman–Crippen MR) is 173 cm³/mol. The van der Waals surface area contributed by atoms with Gasteiger partial charge in [0.25, 0.3) is 0 Å². The van der Waals surface area contributed by atoms with Crippen molar-refractivity contribution < 1.29 is 26.4 Å². The van der Waals surface area contributed by atoms with Crippen molar-refractivity contribution in [1.29, 1.82) is 0 Å². The molecule has 220 valence electrons. The molecule has 2 nitrogen and oxygen atoms in total. The normalized spacial score (nSPS) is 11.7. The van der Waals surface area contributed by atoms with E-state index < -0.39 is 14.5 Å². The van der Waals surface area contributed by atoms with Gasteiger partial charge in [0.15, 0.2) is 31.0 Å². The van der Waals surface area contributed by atoms with Crippen LogP contribution in [0.3, 0.4) is 0 Å². The van der Waals surface area contributed by atoms with E-state index in [1.165, 1.54) is 39.9 Å². The van der Waals surface area contributed by atoms with Crippen molar-refractivity contribution in [2.45, 2.75) is 26.3 Å². The van der Waals surface area contributed by atoms with Crippen LogP contribution in [0.2, 0.25) is 0 Å². The fourth-order valence-corrected chi connectivity index (χ4v) is 8.99. The first-order chi connectivity index (χ1) is 20.8. The van der Waals surface area contributed by atoms with Crippen LogP contribution in [-0.4, -0.2) is 13.4 Å². The van der Waals surface area contributed by atoms with Crippen LogP contribution in [0.25, 0.3) is 17.3 Å². The average molecular weight is 602 g/mol. The highest BCUT2D eigenvalue weighted by Crippen LogP contribution is 2.55. The number of aromatic nitrogens is 2. The minimum Gasteiger partial charge on any atom is -0.418 e. The van der Waals surface area contributed by atoms with Crippen molar-refractivity contribution in [3.63, 3.8) is 0 Å². The monoisotopic (exact) mass is 602 g/mol. The Balaban J connectivity index is 0.000000782. The van der Waals surface area contributed by atoms with Crippen molar-refractivity contribution in [1.82, 2.24) is 0 Å². The lowest BCUT2D eigenvalue weighted by atomic mass is 10.1. The third-order valence-corrected chi connectivity index (χ3v) is 11.4. The van der Waals surface area contributed by atoms with E-state index in [4.69, 9.17) is 0 Å². The number of unbranched alkanes of at least 4 members (excludes halogenated alkanes) is 1. The Morgan fingerprint density at radius 2 is 1.00 bits per heavy atom. The molecule has 0 fully saturated rings. The van der Waals surface area contributed by atoms with Crippen molar-refractivity contribution >= 4 is 36.6 Å². The molecule has 3 aromatic carbocycles. The van der Waals surface area contributed by atoms with E-state index in [-0.39, 0.29) is 0 Å². The van der Waals surface area contributed by atoms with Gasteiger partial charge in [0.05, 0.1) is 6.16 Å². The molecule has 0 spiro atoms. The summed E-state index contributed by atoms with van der Waals surface area (Å²) in [4.78, 5) is 0. The third kappa shape index (κ3) is 9.20. The van der Waals surface area contributed by atoms with E-state index >= 15 is 0 Å². The molecule has 0 aliphatic carbocycles. The number of halogens is 4. The summed E-state index contributed by atoms with van der Waals surface area (Å²) < 4.78 is 43.4. The molecule has 0 atom stereocenters. The highest BCUT2D eigenvalue weighted by molar-refractivity contribution is 7.95. The van der Waals surface area contributed by atoms with Gasteiger partial charge in [0, 0.05) is 36.8 Å². The maximum absolute atomic E-state index is 9.75. The minimum absolute atomic E-state index is 0.955. The standard InChI is InChI=1S/C35H36N2P.BF4/c1-2-3-24-36-26-20-31(21-27-36)32-22-28-37(29-23-32)25-13-30-38(33-14-7-4-8-15-33,34-16-9-5-10-17-34)35-18-11-6-12-19-35;2-1(3,4)5/h4-23,25-29H,2-3,24,30H2,1H3;/q+3;-1/b25-13+;. The minimum atomic E-state index is -6.00. The van der Waals surface area contributed by atoms with E-state index in [9.17, 15) is 17.3 Å². The molecule has 0 amide bonds. The van der Waals surface area contributed by atoms with Crippen molar-refractivity contribution in [3.05, 3.63) is 146 Å². The lowest BCUT2D eigenvalue weighted by Gasteiger charge is -2.26. The number of aryl methyl sites for hydroxylation is 1. The summed E-state index contributed by atoms with van der Waals surface area (Å²) in [5.41, 5.74) is 2.48. The van der Waals surface area contributed by atoms with Gasteiger partial charge in [0.2, 0.25) is 0 Å². The van der Waals surface area contributed by atoms with Crippen molar-refractivity contribution in [3.8, 4) is 11.1 Å². The van der Waals surface area contributed by atoms with Crippen LogP contribution >= 0.6 is 7.26 Å². The Bertz CT molecular complexity index is 1440. The van der Waals surface area contributed by atoms with Crippen molar-refractivity contribution in [2.75, 3.05) is 6.16 Å². The number of rotatable bonds is 10. The van der Waals surface area contributed by atoms with Crippen LogP contribution in [0.4, 0.5) is 17.3 Å². The first-order valence-corrected chi connectivity index (χ1v) is 16.4. The van der Waals surface area contributed by atoms with Crippen LogP contribution < -0.4 is 25.0 Å². The van der Waals surface area contributed by atoms with Crippen LogP contribution in [0.1, 0.15) is 19.8 Å². The Morgan fingerprint density at radius 1 is 0.605 bits per heavy atom. The molecular formula is C35H36BF4N2P+2. The smallest absolute Gasteiger partial charge is 0.418 e. The van der Waals surface area contributed by atoms with E-state index in [2.05, 4.69) is 168 Å². The zero-order valence-corrected chi connectivity index (χ0v) is 25.1. The molecule has 8 heteroatoms. The summed E-state index contributed by atoms with van der Waals surface area (Å²) in [7, 11) is -7.86. The maximum atomic E-state index is 9.75. The highest BCUT2D eigenvalue weighted by atomic mass is 31.2. The van der Waals surface area contributed by atoms with Gasteiger partial charge in [-0.2, -0.15) is 4.57 Å². The number of allylic oxidation sites excluding steroid dienone is 1. The van der Waals surface area contributed by atoms with E-state index in [1.807, 2.05) is 0 Å². The fourth-order valence-electron chi connectivity index (χ4n) is 5.01. The second-order valence-corrected chi connectivity index (χ2v) is 13.6. The van der Waals surface area contributed by atoms with Gasteiger partial charge in [-0.3, -0.25) is 0 Å². The van der Waals surface area contributed by atoms with E-state index in [1.54, 1.807) is 0 Å². The molecular weight excluding hydrogens is 566 g/mol. The number of benzene rings is 3. The van der Waals surface area contributed by atoms with Crippen LogP contribution in [-0.2, 0) is 6.54 Å². The molecule has 0 bridgehead atoms. The number of hydrogen-bond donors (Lipinski definition) is 0. The summed E-state index contributed by atoms with van der Waals surface area (Å²) in [5.74, 6) is 0. The average Bonchev–Trinajstić information content (AvgIpc) is 3.03. The second kappa shape index (κ2) is 15.4. The van der Waals surface area contributed by atoms with E-state index in [0.717, 1.165) is 12.7 Å². The first kappa shape index (κ1) is 31.8. The molecule has 0 saturated heterocycles. The molecule has 43 heavy (non-hydrogen) atoms. The second-order valence-electron chi connectivity index (χ2n) is 10.1. The molecule has 2 heterocycles. The van der Waals surface area contributed by atoms with Crippen LogP contribution in [0, 0.1) is 0 Å². The molecule has 0 saturated carbocycles. The highest BCUT2D eigenvalue weighted by Gasteiger charge is 2.44. The Morgan fingerprint density at radius 3 is 1.40 bits per heavy atom. The number of pyridine rings is 2. The lowest BCUT2D eigenvalue weighted by Crippen LogP contribution is -2.33. The fraction of sp³-hybridized carbons (Fsp3) is 0.143. The third-order valence-electron chi connectivity index (χ3n) is 7.09. The quantitative estimate of drug-likeness (QED) is 0.0678. The van der Waals surface area contributed by atoms with Gasteiger partial charge in [-0.1, -0.05) is 67.9 Å². The van der Waals surface area contributed by atoms with E-state index in [0.29, 0.717) is 0 Å². The zero-order chi connectivity index (χ0) is 30.5. The first-order valence-electron chi connectivity index (χ1n) is 14.4. The molecule has 0 unspecified atom stereocenters. The summed E-state index contributed by atoms with van der Waals surface area (Å²) in [6.45, 7) is 3.31. The van der Waals surface area contributed by atoms with Gasteiger partial charge >= 0.3 is 7.25 Å². The molecule has 5 rings (SSSR count). The molecule has 0 N–H and O–H groups in total.